The van der Waals surface area contributed by atoms with Gasteiger partial charge in [0.1, 0.15) is 11.4 Å². The van der Waals surface area contributed by atoms with Gasteiger partial charge < -0.3 is 4.74 Å². The van der Waals surface area contributed by atoms with Crippen LogP contribution in [0.5, 0.6) is 5.75 Å². The first-order chi connectivity index (χ1) is 9.76. The van der Waals surface area contributed by atoms with E-state index in [-0.39, 0.29) is 0 Å². The Morgan fingerprint density at radius 2 is 1.90 bits per heavy atom. The predicted octanol–water partition coefficient (Wildman–Crippen LogP) is 3.60. The third kappa shape index (κ3) is 2.51. The van der Waals surface area contributed by atoms with E-state index in [9.17, 15) is 0 Å². The van der Waals surface area contributed by atoms with Crippen LogP contribution in [0.2, 0.25) is 5.02 Å². The summed E-state index contributed by atoms with van der Waals surface area (Å²) in [7, 11) is 1.64. The minimum atomic E-state index is 0.670. The van der Waals surface area contributed by atoms with E-state index in [4.69, 9.17) is 16.3 Å². The van der Waals surface area contributed by atoms with Gasteiger partial charge in [0, 0.05) is 10.6 Å². The summed E-state index contributed by atoms with van der Waals surface area (Å²) >= 11 is 5.98. The minimum absolute atomic E-state index is 0.670. The van der Waals surface area contributed by atoms with Crippen LogP contribution in [0.25, 0.3) is 16.9 Å². The highest BCUT2D eigenvalue weighted by Gasteiger charge is 2.05. The second-order valence-electron chi connectivity index (χ2n) is 4.26. The highest BCUT2D eigenvalue weighted by molar-refractivity contribution is 6.30. The summed E-state index contributed by atoms with van der Waals surface area (Å²) in [5.41, 5.74) is 2.66. The monoisotopic (exact) mass is 285 g/mol. The Morgan fingerprint density at radius 3 is 2.60 bits per heavy atom. The van der Waals surface area contributed by atoms with Gasteiger partial charge in [-0.3, -0.25) is 0 Å². The van der Waals surface area contributed by atoms with Crippen LogP contribution < -0.4 is 4.74 Å². The molecule has 0 saturated carbocycles. The zero-order chi connectivity index (χ0) is 13.9. The number of halogens is 1. The first-order valence-electron chi connectivity index (χ1n) is 6.09. The lowest BCUT2D eigenvalue weighted by atomic mass is 10.1. The van der Waals surface area contributed by atoms with Crippen molar-refractivity contribution in [3.05, 3.63) is 59.8 Å². The largest absolute Gasteiger partial charge is 0.497 e. The van der Waals surface area contributed by atoms with Crippen LogP contribution in [-0.4, -0.2) is 22.1 Å². The van der Waals surface area contributed by atoms with Crippen molar-refractivity contribution in [2.75, 3.05) is 7.11 Å². The van der Waals surface area contributed by atoms with Gasteiger partial charge in [-0.25, -0.2) is 4.68 Å². The Kier molecular flexibility index (Phi) is 3.39. The van der Waals surface area contributed by atoms with Gasteiger partial charge in [0.05, 0.1) is 19.0 Å². The fourth-order valence-electron chi connectivity index (χ4n) is 1.90. The Bertz CT molecular complexity index is 722. The van der Waals surface area contributed by atoms with Gasteiger partial charge in [-0.1, -0.05) is 22.9 Å². The summed E-state index contributed by atoms with van der Waals surface area (Å²) in [5.74, 6) is 0.816. The first kappa shape index (κ1) is 12.7. The van der Waals surface area contributed by atoms with Crippen LogP contribution in [0.15, 0.2) is 54.7 Å². The maximum atomic E-state index is 5.98. The molecule has 0 aliphatic carbocycles. The molecule has 0 bridgehead atoms. The zero-order valence-corrected chi connectivity index (χ0v) is 11.6. The highest BCUT2D eigenvalue weighted by Crippen LogP contribution is 2.21. The predicted molar refractivity (Wildman–Crippen MR) is 78.4 cm³/mol. The fourth-order valence-corrected chi connectivity index (χ4v) is 2.09. The lowest BCUT2D eigenvalue weighted by molar-refractivity contribution is 0.415. The van der Waals surface area contributed by atoms with Crippen molar-refractivity contribution < 1.29 is 4.74 Å². The van der Waals surface area contributed by atoms with E-state index in [2.05, 4.69) is 10.3 Å². The third-order valence-corrected chi connectivity index (χ3v) is 3.19. The van der Waals surface area contributed by atoms with Crippen molar-refractivity contribution in [1.82, 2.24) is 15.0 Å². The van der Waals surface area contributed by atoms with Crippen molar-refractivity contribution in [3.8, 4) is 22.7 Å². The van der Waals surface area contributed by atoms with E-state index in [1.54, 1.807) is 11.8 Å². The number of nitrogens with zero attached hydrogens (tertiary/aromatic N) is 3. The van der Waals surface area contributed by atoms with Gasteiger partial charge in [-0.05, 0) is 42.5 Å². The fraction of sp³-hybridized carbons (Fsp3) is 0.0667. The molecule has 1 aromatic heterocycles. The molecule has 5 heteroatoms. The summed E-state index contributed by atoms with van der Waals surface area (Å²) in [6, 6.07) is 15.2. The highest BCUT2D eigenvalue weighted by atomic mass is 35.5. The first-order valence-corrected chi connectivity index (χ1v) is 6.47. The zero-order valence-electron chi connectivity index (χ0n) is 10.8. The maximum absolute atomic E-state index is 5.98. The Hall–Kier alpha value is -2.33. The molecule has 2 aromatic carbocycles. The number of ether oxygens (including phenoxy) is 1. The molecule has 1 heterocycles. The van der Waals surface area contributed by atoms with Crippen LogP contribution in [0, 0.1) is 0 Å². The number of benzene rings is 2. The van der Waals surface area contributed by atoms with Gasteiger partial charge in [0.15, 0.2) is 0 Å². The number of hydrogen-bond acceptors (Lipinski definition) is 3. The normalized spacial score (nSPS) is 10.5. The third-order valence-electron chi connectivity index (χ3n) is 2.95. The average Bonchev–Trinajstić information content (AvgIpc) is 2.97. The summed E-state index contributed by atoms with van der Waals surface area (Å²) < 4.78 is 6.84. The quantitative estimate of drug-likeness (QED) is 0.738. The smallest absolute Gasteiger partial charge is 0.118 e. The van der Waals surface area contributed by atoms with E-state index < -0.39 is 0 Å². The van der Waals surface area contributed by atoms with E-state index in [1.807, 2.05) is 54.7 Å². The molecule has 0 atom stereocenters. The van der Waals surface area contributed by atoms with Crippen LogP contribution in [0.3, 0.4) is 0 Å². The molecule has 3 aromatic rings. The Labute approximate surface area is 121 Å². The number of rotatable bonds is 3. The van der Waals surface area contributed by atoms with E-state index in [1.165, 1.54) is 0 Å². The molecule has 0 aliphatic rings. The topological polar surface area (TPSA) is 39.9 Å². The van der Waals surface area contributed by atoms with Crippen LogP contribution in [0.1, 0.15) is 0 Å². The van der Waals surface area contributed by atoms with Crippen LogP contribution in [0.4, 0.5) is 0 Å². The molecule has 0 saturated heterocycles. The molecule has 4 nitrogen and oxygen atoms in total. The van der Waals surface area contributed by atoms with Gasteiger partial charge in [-0.15, -0.1) is 5.10 Å². The van der Waals surface area contributed by atoms with Crippen LogP contribution >= 0.6 is 11.6 Å². The molecule has 0 fully saturated rings. The number of methoxy groups -OCH3 is 1. The van der Waals surface area contributed by atoms with E-state index >= 15 is 0 Å². The lowest BCUT2D eigenvalue weighted by Gasteiger charge is -2.00. The molecule has 3 rings (SSSR count). The van der Waals surface area contributed by atoms with E-state index in [0.29, 0.717) is 5.02 Å². The molecule has 0 amide bonds. The molecule has 0 spiro atoms. The van der Waals surface area contributed by atoms with Gasteiger partial charge in [0.25, 0.3) is 0 Å². The molecule has 0 radical (unpaired) electrons. The van der Waals surface area contributed by atoms with Crippen molar-refractivity contribution in [2.24, 2.45) is 0 Å². The molecular formula is C15H12ClN3O. The van der Waals surface area contributed by atoms with Gasteiger partial charge >= 0.3 is 0 Å². The molecule has 20 heavy (non-hydrogen) atoms. The molecule has 0 N–H and O–H groups in total. The minimum Gasteiger partial charge on any atom is -0.497 e. The second-order valence-corrected chi connectivity index (χ2v) is 4.69. The Balaban J connectivity index is 1.93. The maximum Gasteiger partial charge on any atom is 0.118 e. The lowest BCUT2D eigenvalue weighted by Crippen LogP contribution is -1.93. The van der Waals surface area contributed by atoms with Crippen molar-refractivity contribution >= 4 is 11.6 Å². The standard InChI is InChI=1S/C15H12ClN3O/c1-20-14-7-5-11(6-8-14)15-10-19(18-17-15)13-4-2-3-12(16)9-13/h2-10H,1H3. The van der Waals surface area contributed by atoms with Gasteiger partial charge in [0.2, 0.25) is 0 Å². The van der Waals surface area contributed by atoms with E-state index in [0.717, 1.165) is 22.7 Å². The summed E-state index contributed by atoms with van der Waals surface area (Å²) in [6.07, 6.45) is 1.87. The van der Waals surface area contributed by atoms with Crippen molar-refractivity contribution in [2.45, 2.75) is 0 Å². The molecule has 0 aliphatic heterocycles. The second kappa shape index (κ2) is 5.35. The van der Waals surface area contributed by atoms with Crippen molar-refractivity contribution in [3.63, 3.8) is 0 Å². The number of hydrogen-bond donors (Lipinski definition) is 0. The average molecular weight is 286 g/mol. The number of aromatic nitrogens is 3. The van der Waals surface area contributed by atoms with Crippen LogP contribution in [-0.2, 0) is 0 Å². The van der Waals surface area contributed by atoms with Gasteiger partial charge in [-0.2, -0.15) is 0 Å². The summed E-state index contributed by atoms with van der Waals surface area (Å²) in [6.45, 7) is 0. The molecular weight excluding hydrogens is 274 g/mol. The molecule has 100 valence electrons. The Morgan fingerprint density at radius 1 is 1.10 bits per heavy atom. The summed E-state index contributed by atoms with van der Waals surface area (Å²) in [5, 5.41) is 8.97. The summed E-state index contributed by atoms with van der Waals surface area (Å²) in [4.78, 5) is 0. The van der Waals surface area contributed by atoms with Crippen molar-refractivity contribution in [1.29, 1.82) is 0 Å². The SMILES string of the molecule is COc1ccc(-c2cn(-c3cccc(Cl)c3)nn2)cc1. The molecule has 0 unspecified atom stereocenters.